The van der Waals surface area contributed by atoms with Crippen LogP contribution in [0.5, 0.6) is 0 Å². The van der Waals surface area contributed by atoms with Crippen LogP contribution >= 0.6 is 0 Å². The molecular formula is C21H17N7. The van der Waals surface area contributed by atoms with Crippen molar-refractivity contribution in [2.24, 2.45) is 0 Å². The molecule has 28 heavy (non-hydrogen) atoms. The minimum Gasteiger partial charge on any atom is -0.369 e. The van der Waals surface area contributed by atoms with Crippen LogP contribution in [0.15, 0.2) is 67.1 Å². The maximum Gasteiger partial charge on any atom is 0.175 e. The molecule has 0 radical (unpaired) electrons. The number of aromatic amines is 1. The number of benzene rings is 2. The number of hydrogen-bond acceptors (Lipinski definition) is 6. The van der Waals surface area contributed by atoms with Crippen molar-refractivity contribution in [2.45, 2.75) is 6.42 Å². The van der Waals surface area contributed by atoms with Crippen molar-refractivity contribution >= 4 is 27.9 Å². The quantitative estimate of drug-likeness (QED) is 0.493. The third-order valence-corrected chi connectivity index (χ3v) is 4.70. The van der Waals surface area contributed by atoms with E-state index in [-0.39, 0.29) is 0 Å². The monoisotopic (exact) mass is 367 g/mol. The van der Waals surface area contributed by atoms with Crippen molar-refractivity contribution in [1.29, 1.82) is 0 Å². The number of nitrogens with zero attached hydrogens (tertiary/aromatic N) is 5. The number of anilines is 1. The summed E-state index contributed by atoms with van der Waals surface area (Å²) in [6.07, 6.45) is 4.34. The molecule has 0 saturated carbocycles. The van der Waals surface area contributed by atoms with Gasteiger partial charge in [-0.2, -0.15) is 0 Å². The van der Waals surface area contributed by atoms with Gasteiger partial charge in [0.25, 0.3) is 0 Å². The lowest BCUT2D eigenvalue weighted by Gasteiger charge is -2.10. The summed E-state index contributed by atoms with van der Waals surface area (Å²) in [6, 6.07) is 18.5. The van der Waals surface area contributed by atoms with Crippen molar-refractivity contribution in [3.8, 4) is 11.1 Å². The third kappa shape index (κ3) is 3.14. The summed E-state index contributed by atoms with van der Waals surface area (Å²) in [5, 5.41) is 15.0. The number of hydrogen-bond donors (Lipinski definition) is 2. The van der Waals surface area contributed by atoms with Crippen LogP contribution in [0.1, 0.15) is 5.56 Å². The summed E-state index contributed by atoms with van der Waals surface area (Å²) in [5.41, 5.74) is 5.62. The minimum absolute atomic E-state index is 0.677. The molecule has 136 valence electrons. The largest absolute Gasteiger partial charge is 0.369 e. The molecule has 7 nitrogen and oxygen atoms in total. The highest BCUT2D eigenvalue weighted by Crippen LogP contribution is 2.27. The standard InChI is InChI=1S/C21H17N7/c1-2-4-14(5-3-1)8-9-22-20-17-10-15(6-7-18(17)24-13-25-20)16-11-19-21(23-12-16)27-28-26-19/h1-7,10-13H,8-9H2,(H,22,24,25)(H,23,26,27,28). The number of nitrogens with one attached hydrogen (secondary N) is 2. The summed E-state index contributed by atoms with van der Waals surface area (Å²) in [6.45, 7) is 0.798. The van der Waals surface area contributed by atoms with Crippen molar-refractivity contribution in [1.82, 2.24) is 30.4 Å². The van der Waals surface area contributed by atoms with Crippen molar-refractivity contribution < 1.29 is 0 Å². The van der Waals surface area contributed by atoms with E-state index in [2.05, 4.69) is 66.0 Å². The molecule has 0 aliphatic carbocycles. The lowest BCUT2D eigenvalue weighted by molar-refractivity contribution is 0.954. The van der Waals surface area contributed by atoms with E-state index < -0.39 is 0 Å². The molecule has 5 rings (SSSR count). The molecule has 0 saturated heterocycles. The normalized spacial score (nSPS) is 11.1. The average molecular weight is 367 g/mol. The summed E-state index contributed by atoms with van der Waals surface area (Å²) >= 11 is 0. The van der Waals surface area contributed by atoms with Crippen LogP contribution in [0, 0.1) is 0 Å². The molecule has 2 aromatic carbocycles. The van der Waals surface area contributed by atoms with Gasteiger partial charge in [0.05, 0.1) is 5.52 Å². The third-order valence-electron chi connectivity index (χ3n) is 4.70. The molecule has 0 amide bonds. The molecule has 0 atom stereocenters. The first kappa shape index (κ1) is 16.3. The van der Waals surface area contributed by atoms with E-state index in [0.29, 0.717) is 5.65 Å². The van der Waals surface area contributed by atoms with Gasteiger partial charge in [-0.25, -0.2) is 20.1 Å². The Bertz CT molecular complexity index is 1250. The molecule has 0 aliphatic rings. The second-order valence-electron chi connectivity index (χ2n) is 6.52. The molecule has 0 bridgehead atoms. The summed E-state index contributed by atoms with van der Waals surface area (Å²) in [7, 11) is 0. The van der Waals surface area contributed by atoms with Crippen LogP contribution < -0.4 is 5.32 Å². The lowest BCUT2D eigenvalue weighted by atomic mass is 10.0. The second-order valence-corrected chi connectivity index (χ2v) is 6.52. The predicted octanol–water partition coefficient (Wildman–Crippen LogP) is 3.62. The van der Waals surface area contributed by atoms with Gasteiger partial charge in [0.15, 0.2) is 5.65 Å². The van der Waals surface area contributed by atoms with Crippen molar-refractivity contribution in [3.05, 3.63) is 72.7 Å². The number of pyridine rings is 1. The highest BCUT2D eigenvalue weighted by Gasteiger charge is 2.08. The van der Waals surface area contributed by atoms with Crippen LogP contribution in [0.3, 0.4) is 0 Å². The highest BCUT2D eigenvalue weighted by atomic mass is 15.3. The van der Waals surface area contributed by atoms with Gasteiger partial charge in [0.1, 0.15) is 17.7 Å². The van der Waals surface area contributed by atoms with Crippen LogP contribution in [0.4, 0.5) is 5.82 Å². The number of H-pyrrole nitrogens is 1. The summed E-state index contributed by atoms with van der Waals surface area (Å²) < 4.78 is 0. The van der Waals surface area contributed by atoms with Gasteiger partial charge in [0, 0.05) is 23.7 Å². The van der Waals surface area contributed by atoms with Gasteiger partial charge < -0.3 is 5.32 Å². The Kier molecular flexibility index (Phi) is 4.10. The zero-order valence-corrected chi connectivity index (χ0v) is 15.0. The van der Waals surface area contributed by atoms with Crippen molar-refractivity contribution in [2.75, 3.05) is 11.9 Å². The number of fused-ring (bicyclic) bond motifs is 2. The molecule has 5 aromatic rings. The Morgan fingerprint density at radius 3 is 2.71 bits per heavy atom. The fraction of sp³-hybridized carbons (Fsp3) is 0.0952. The Morgan fingerprint density at radius 2 is 1.79 bits per heavy atom. The van der Waals surface area contributed by atoms with Gasteiger partial charge in [-0.1, -0.05) is 41.6 Å². The van der Waals surface area contributed by atoms with Crippen molar-refractivity contribution in [3.63, 3.8) is 0 Å². The zero-order chi connectivity index (χ0) is 18.8. The molecule has 3 aromatic heterocycles. The van der Waals surface area contributed by atoms with Crippen LogP contribution in [0.2, 0.25) is 0 Å². The fourth-order valence-electron chi connectivity index (χ4n) is 3.25. The summed E-state index contributed by atoms with van der Waals surface area (Å²) in [5.74, 6) is 0.832. The first-order chi connectivity index (χ1) is 13.9. The van der Waals surface area contributed by atoms with Crippen LogP contribution in [0.25, 0.3) is 33.2 Å². The van der Waals surface area contributed by atoms with E-state index in [1.165, 1.54) is 5.56 Å². The molecular weight excluding hydrogens is 350 g/mol. The predicted molar refractivity (Wildman–Crippen MR) is 109 cm³/mol. The van der Waals surface area contributed by atoms with Gasteiger partial charge in [0.2, 0.25) is 0 Å². The molecule has 0 aliphatic heterocycles. The van der Waals surface area contributed by atoms with E-state index in [9.17, 15) is 0 Å². The average Bonchev–Trinajstić information content (AvgIpc) is 3.22. The van der Waals surface area contributed by atoms with Gasteiger partial charge in [-0.05, 0) is 35.7 Å². The topological polar surface area (TPSA) is 92.3 Å². The van der Waals surface area contributed by atoms with E-state index in [0.717, 1.165) is 46.3 Å². The van der Waals surface area contributed by atoms with Crippen LogP contribution in [-0.4, -0.2) is 36.9 Å². The van der Waals surface area contributed by atoms with Gasteiger partial charge in [-0.15, -0.1) is 5.10 Å². The Balaban J connectivity index is 1.45. The Hall–Kier alpha value is -3.87. The first-order valence-corrected chi connectivity index (χ1v) is 9.06. The Labute approximate surface area is 160 Å². The smallest absolute Gasteiger partial charge is 0.175 e. The molecule has 7 heteroatoms. The minimum atomic E-state index is 0.677. The lowest BCUT2D eigenvalue weighted by Crippen LogP contribution is -2.07. The fourth-order valence-corrected chi connectivity index (χ4v) is 3.25. The SMILES string of the molecule is c1ccc(CCNc2ncnc3ccc(-c4cnc5[nH]nnc5c4)cc23)cc1. The molecule has 0 unspecified atom stereocenters. The zero-order valence-electron chi connectivity index (χ0n) is 15.0. The molecule has 2 N–H and O–H groups in total. The first-order valence-electron chi connectivity index (χ1n) is 9.06. The molecule has 0 spiro atoms. The van der Waals surface area contributed by atoms with E-state index in [1.54, 1.807) is 6.33 Å². The maximum absolute atomic E-state index is 4.45. The van der Waals surface area contributed by atoms with E-state index >= 15 is 0 Å². The van der Waals surface area contributed by atoms with Gasteiger partial charge >= 0.3 is 0 Å². The summed E-state index contributed by atoms with van der Waals surface area (Å²) in [4.78, 5) is 13.2. The molecule has 3 heterocycles. The highest BCUT2D eigenvalue weighted by molar-refractivity contribution is 5.93. The van der Waals surface area contributed by atoms with Gasteiger partial charge in [-0.3, -0.25) is 0 Å². The maximum atomic E-state index is 4.45. The van der Waals surface area contributed by atoms with Crippen LogP contribution in [-0.2, 0) is 6.42 Å². The van der Waals surface area contributed by atoms with E-state index in [1.807, 2.05) is 30.5 Å². The molecule has 0 fully saturated rings. The number of aromatic nitrogens is 6. The second kappa shape index (κ2) is 7.03. The number of rotatable bonds is 5. The Morgan fingerprint density at radius 1 is 0.857 bits per heavy atom. The van der Waals surface area contributed by atoms with E-state index in [4.69, 9.17) is 0 Å².